The van der Waals surface area contributed by atoms with Gasteiger partial charge in [-0.25, -0.2) is 0 Å². The van der Waals surface area contributed by atoms with Crippen molar-refractivity contribution in [1.82, 2.24) is 0 Å². The van der Waals surface area contributed by atoms with Crippen molar-refractivity contribution in [2.75, 3.05) is 19.0 Å². The lowest BCUT2D eigenvalue weighted by molar-refractivity contribution is 0.201. The van der Waals surface area contributed by atoms with E-state index in [9.17, 15) is 0 Å². The van der Waals surface area contributed by atoms with E-state index in [0.717, 1.165) is 44.6 Å². The summed E-state index contributed by atoms with van der Waals surface area (Å²) in [6.07, 6.45) is 4.52. The van der Waals surface area contributed by atoms with E-state index in [2.05, 4.69) is 26.2 Å². The number of hydrogen-bond donors (Lipinski definition) is 0. The quantitative estimate of drug-likeness (QED) is 0.405. The monoisotopic (exact) mass is 244 g/mol. The molecule has 0 aliphatic heterocycles. The second kappa shape index (κ2) is 13.1. The average molecular weight is 244 g/mol. The van der Waals surface area contributed by atoms with Gasteiger partial charge < -0.3 is 9.31 Å². The lowest BCUT2D eigenvalue weighted by Gasteiger charge is -2.10. The fourth-order valence-electron chi connectivity index (χ4n) is 1.06. The minimum Gasteiger partial charge on any atom is -0.408 e. The van der Waals surface area contributed by atoms with Gasteiger partial charge in [0.1, 0.15) is 0 Å². The molecular formula is C12H25BO2S. The summed E-state index contributed by atoms with van der Waals surface area (Å²) >= 11 is 1.77. The Hall–Kier alpha value is 0.0749. The summed E-state index contributed by atoms with van der Waals surface area (Å²) in [6.45, 7) is 8.04. The van der Waals surface area contributed by atoms with Gasteiger partial charge in [-0.1, -0.05) is 33.6 Å². The standard InChI is InChI=1S/C12H25BO2S/c1-4-7-10-14-13(9-12-16-6-3)15-11-8-5-2/h9,12H,4-8,10-11H2,1-3H3/b12-9+. The molecule has 0 spiro atoms. The Bertz CT molecular complexity index is 155. The summed E-state index contributed by atoms with van der Waals surface area (Å²) < 4.78 is 11.3. The summed E-state index contributed by atoms with van der Waals surface area (Å²) in [5.41, 5.74) is 0. The summed E-state index contributed by atoms with van der Waals surface area (Å²) in [5, 5.41) is 2.07. The minimum atomic E-state index is -0.155. The van der Waals surface area contributed by atoms with Gasteiger partial charge in [-0.3, -0.25) is 0 Å². The van der Waals surface area contributed by atoms with E-state index < -0.39 is 0 Å². The van der Waals surface area contributed by atoms with Gasteiger partial charge in [0.15, 0.2) is 0 Å². The summed E-state index contributed by atoms with van der Waals surface area (Å²) in [5.74, 6) is 3.10. The highest BCUT2D eigenvalue weighted by Crippen LogP contribution is 2.04. The van der Waals surface area contributed by atoms with Crippen LogP contribution in [0, 0.1) is 0 Å². The Morgan fingerprint density at radius 2 is 1.56 bits per heavy atom. The maximum atomic E-state index is 5.65. The topological polar surface area (TPSA) is 18.5 Å². The van der Waals surface area contributed by atoms with Gasteiger partial charge >= 0.3 is 7.12 Å². The van der Waals surface area contributed by atoms with Gasteiger partial charge in [-0.2, -0.15) is 0 Å². The molecule has 0 saturated carbocycles. The normalized spacial score (nSPS) is 11.2. The summed E-state index contributed by atoms with van der Waals surface area (Å²) in [6, 6.07) is 0. The van der Waals surface area contributed by atoms with Crippen LogP contribution >= 0.6 is 11.8 Å². The van der Waals surface area contributed by atoms with Crippen LogP contribution in [0.25, 0.3) is 0 Å². The maximum Gasteiger partial charge on any atom is 0.486 e. The van der Waals surface area contributed by atoms with E-state index in [1.165, 1.54) is 0 Å². The molecule has 94 valence electrons. The molecule has 0 saturated heterocycles. The maximum absolute atomic E-state index is 5.65. The second-order valence-corrected chi connectivity index (χ2v) is 4.78. The first kappa shape index (κ1) is 16.1. The van der Waals surface area contributed by atoms with Crippen LogP contribution in [-0.2, 0) is 9.31 Å². The SMILES string of the molecule is CCCCOB(/C=C/SCC)OCCCC. The average Bonchev–Trinajstić information content (AvgIpc) is 2.29. The smallest absolute Gasteiger partial charge is 0.408 e. The van der Waals surface area contributed by atoms with Crippen molar-refractivity contribution in [2.24, 2.45) is 0 Å². The highest BCUT2D eigenvalue weighted by molar-refractivity contribution is 8.02. The molecule has 4 heteroatoms. The van der Waals surface area contributed by atoms with Crippen molar-refractivity contribution in [3.63, 3.8) is 0 Å². The zero-order valence-corrected chi connectivity index (χ0v) is 11.7. The predicted molar refractivity (Wildman–Crippen MR) is 74.7 cm³/mol. The fraction of sp³-hybridized carbons (Fsp3) is 0.833. The van der Waals surface area contributed by atoms with E-state index in [0.29, 0.717) is 0 Å². The largest absolute Gasteiger partial charge is 0.486 e. The molecule has 0 amide bonds. The molecule has 0 unspecified atom stereocenters. The van der Waals surface area contributed by atoms with Crippen LogP contribution in [0.5, 0.6) is 0 Å². The van der Waals surface area contributed by atoms with Crippen molar-refractivity contribution in [3.8, 4) is 0 Å². The van der Waals surface area contributed by atoms with E-state index in [-0.39, 0.29) is 7.12 Å². The first-order valence-corrected chi connectivity index (χ1v) is 7.41. The molecule has 2 nitrogen and oxygen atoms in total. The van der Waals surface area contributed by atoms with E-state index >= 15 is 0 Å². The van der Waals surface area contributed by atoms with E-state index in [1.807, 2.05) is 5.98 Å². The van der Waals surface area contributed by atoms with Crippen LogP contribution in [0.3, 0.4) is 0 Å². The molecule has 0 aliphatic rings. The van der Waals surface area contributed by atoms with E-state index in [4.69, 9.17) is 9.31 Å². The number of unbranched alkanes of at least 4 members (excludes halogenated alkanes) is 2. The lowest BCUT2D eigenvalue weighted by atomic mass is 9.91. The van der Waals surface area contributed by atoms with E-state index in [1.54, 1.807) is 11.8 Å². The van der Waals surface area contributed by atoms with Crippen LogP contribution < -0.4 is 0 Å². The van der Waals surface area contributed by atoms with Crippen molar-refractivity contribution >= 4 is 18.9 Å². The van der Waals surface area contributed by atoms with Crippen molar-refractivity contribution in [3.05, 3.63) is 11.4 Å². The van der Waals surface area contributed by atoms with Crippen molar-refractivity contribution in [1.29, 1.82) is 0 Å². The Kier molecular flexibility index (Phi) is 13.2. The number of thioether (sulfide) groups is 1. The second-order valence-electron chi connectivity index (χ2n) is 3.60. The molecule has 0 aromatic carbocycles. The molecule has 0 N–H and O–H groups in total. The predicted octanol–water partition coefficient (Wildman–Crippen LogP) is 3.91. The van der Waals surface area contributed by atoms with Crippen LogP contribution in [-0.4, -0.2) is 26.1 Å². The summed E-state index contributed by atoms with van der Waals surface area (Å²) in [7, 11) is -0.155. The lowest BCUT2D eigenvalue weighted by Crippen LogP contribution is -2.22. The van der Waals surface area contributed by atoms with Gasteiger partial charge in [0.25, 0.3) is 0 Å². The molecule has 0 aromatic rings. The molecule has 0 atom stereocenters. The van der Waals surface area contributed by atoms with Crippen LogP contribution in [0.1, 0.15) is 46.5 Å². The van der Waals surface area contributed by atoms with Gasteiger partial charge in [-0.15, -0.1) is 11.8 Å². The Labute approximate surface area is 105 Å². The molecule has 0 heterocycles. The van der Waals surface area contributed by atoms with Crippen molar-refractivity contribution in [2.45, 2.75) is 46.5 Å². The molecule has 0 aromatic heterocycles. The number of rotatable bonds is 11. The molecule has 0 aliphatic carbocycles. The molecule has 0 bridgehead atoms. The van der Waals surface area contributed by atoms with Crippen LogP contribution in [0.15, 0.2) is 11.4 Å². The van der Waals surface area contributed by atoms with Gasteiger partial charge in [0.05, 0.1) is 0 Å². The highest BCUT2D eigenvalue weighted by atomic mass is 32.2. The van der Waals surface area contributed by atoms with Crippen molar-refractivity contribution < 1.29 is 9.31 Å². The first-order valence-electron chi connectivity index (χ1n) is 6.36. The minimum absolute atomic E-state index is 0.155. The fourth-order valence-corrected chi connectivity index (χ4v) is 1.49. The Morgan fingerprint density at radius 1 is 1.00 bits per heavy atom. The summed E-state index contributed by atoms with van der Waals surface area (Å²) in [4.78, 5) is 0. The molecule has 0 fully saturated rings. The Morgan fingerprint density at radius 3 is 2.00 bits per heavy atom. The van der Waals surface area contributed by atoms with Gasteiger partial charge in [0.2, 0.25) is 0 Å². The van der Waals surface area contributed by atoms with Gasteiger partial charge in [0, 0.05) is 13.2 Å². The van der Waals surface area contributed by atoms with Crippen LogP contribution in [0.4, 0.5) is 0 Å². The highest BCUT2D eigenvalue weighted by Gasteiger charge is 2.12. The van der Waals surface area contributed by atoms with Crippen LogP contribution in [0.2, 0.25) is 0 Å². The van der Waals surface area contributed by atoms with Gasteiger partial charge in [-0.05, 0) is 30.0 Å². The Balaban J connectivity index is 3.75. The number of hydrogen-bond acceptors (Lipinski definition) is 3. The molecule has 0 radical (unpaired) electrons. The molecular weight excluding hydrogens is 219 g/mol. The molecule has 0 rings (SSSR count). The molecule has 16 heavy (non-hydrogen) atoms. The third-order valence-electron chi connectivity index (χ3n) is 2.06. The third-order valence-corrected chi connectivity index (χ3v) is 2.74. The third kappa shape index (κ3) is 10.6. The zero-order chi connectivity index (χ0) is 12.1. The zero-order valence-electron chi connectivity index (χ0n) is 10.9. The first-order chi connectivity index (χ1) is 7.85.